The van der Waals surface area contributed by atoms with E-state index in [1.54, 1.807) is 16.4 Å². The van der Waals surface area contributed by atoms with Crippen molar-refractivity contribution in [2.75, 3.05) is 12.3 Å². The van der Waals surface area contributed by atoms with Gasteiger partial charge in [0, 0.05) is 22.3 Å². The molecule has 0 unspecified atom stereocenters. The van der Waals surface area contributed by atoms with E-state index in [-0.39, 0.29) is 0 Å². The van der Waals surface area contributed by atoms with Gasteiger partial charge in [0.2, 0.25) is 5.16 Å². The number of furan rings is 1. The average molecular weight is 491 g/mol. The zero-order valence-electron chi connectivity index (χ0n) is 15.3. The molecule has 0 saturated heterocycles. The van der Waals surface area contributed by atoms with Gasteiger partial charge >= 0.3 is 0 Å². The largest absolute Gasteiger partial charge is 0.460 e. The Labute approximate surface area is 185 Å². The molecule has 0 bridgehead atoms. The Morgan fingerprint density at radius 2 is 1.97 bits per heavy atom. The topological polar surface area (TPSA) is 68.8 Å². The standard InChI is InChI=1S/C20H17BrClN5OS/c21-14-6-8-17(18(22)12-14)19-9-7-16(28-19)13-23-10-11-29-20-24-25-26-27(20)15-4-2-1-3-5-15/h1-9,12,23H,10-11,13H2. The Balaban J connectivity index is 1.27. The van der Waals surface area contributed by atoms with E-state index in [2.05, 4.69) is 36.8 Å². The van der Waals surface area contributed by atoms with Gasteiger partial charge in [0.05, 0.1) is 17.3 Å². The number of hydrogen-bond acceptors (Lipinski definition) is 6. The molecule has 1 N–H and O–H groups in total. The minimum Gasteiger partial charge on any atom is -0.460 e. The molecule has 0 fully saturated rings. The van der Waals surface area contributed by atoms with Crippen LogP contribution < -0.4 is 5.32 Å². The van der Waals surface area contributed by atoms with Gasteiger partial charge in [-0.1, -0.05) is 57.5 Å². The maximum absolute atomic E-state index is 6.30. The molecule has 4 aromatic rings. The van der Waals surface area contributed by atoms with E-state index >= 15 is 0 Å². The van der Waals surface area contributed by atoms with Crippen LogP contribution in [0.3, 0.4) is 0 Å². The first kappa shape index (κ1) is 20.2. The van der Waals surface area contributed by atoms with Crippen LogP contribution >= 0.6 is 39.3 Å². The lowest BCUT2D eigenvalue weighted by Crippen LogP contribution is -2.16. The second kappa shape index (κ2) is 9.58. The molecular weight excluding hydrogens is 474 g/mol. The van der Waals surface area contributed by atoms with Crippen LogP contribution in [0, 0.1) is 0 Å². The molecule has 0 aliphatic heterocycles. The van der Waals surface area contributed by atoms with E-state index in [1.807, 2.05) is 60.7 Å². The molecule has 0 aliphatic rings. The number of para-hydroxylation sites is 1. The lowest BCUT2D eigenvalue weighted by atomic mass is 10.2. The molecule has 148 valence electrons. The Kier molecular flexibility index (Phi) is 6.66. The Hall–Kier alpha value is -2.13. The van der Waals surface area contributed by atoms with E-state index in [0.29, 0.717) is 11.6 Å². The van der Waals surface area contributed by atoms with Crippen molar-refractivity contribution in [1.29, 1.82) is 0 Å². The number of hydrogen-bond donors (Lipinski definition) is 1. The summed E-state index contributed by atoms with van der Waals surface area (Å²) in [7, 11) is 0. The maximum atomic E-state index is 6.30. The summed E-state index contributed by atoms with van der Waals surface area (Å²) in [5, 5.41) is 16.7. The first-order valence-corrected chi connectivity index (χ1v) is 11.1. The number of thioether (sulfide) groups is 1. The normalized spacial score (nSPS) is 11.1. The Bertz CT molecular complexity index is 1090. The highest BCUT2D eigenvalue weighted by Crippen LogP contribution is 2.31. The average Bonchev–Trinajstić information content (AvgIpc) is 3.38. The fourth-order valence-electron chi connectivity index (χ4n) is 2.73. The minimum absolute atomic E-state index is 0.637. The van der Waals surface area contributed by atoms with E-state index < -0.39 is 0 Å². The first-order valence-electron chi connectivity index (χ1n) is 8.92. The summed E-state index contributed by atoms with van der Waals surface area (Å²) < 4.78 is 8.60. The summed E-state index contributed by atoms with van der Waals surface area (Å²) in [6.07, 6.45) is 0. The maximum Gasteiger partial charge on any atom is 0.214 e. The predicted molar refractivity (Wildman–Crippen MR) is 118 cm³/mol. The molecule has 2 aromatic heterocycles. The molecule has 2 heterocycles. The van der Waals surface area contributed by atoms with Crippen molar-refractivity contribution in [3.05, 3.63) is 75.9 Å². The summed E-state index contributed by atoms with van der Waals surface area (Å²) in [5.74, 6) is 2.45. The van der Waals surface area contributed by atoms with Gasteiger partial charge in [-0.2, -0.15) is 4.68 Å². The highest BCUT2D eigenvalue weighted by molar-refractivity contribution is 9.10. The van der Waals surface area contributed by atoms with E-state index in [1.165, 1.54) is 0 Å². The molecule has 2 aromatic carbocycles. The van der Waals surface area contributed by atoms with Crippen molar-refractivity contribution >= 4 is 39.3 Å². The molecule has 6 nitrogen and oxygen atoms in total. The van der Waals surface area contributed by atoms with Crippen molar-refractivity contribution in [3.63, 3.8) is 0 Å². The van der Waals surface area contributed by atoms with E-state index in [0.717, 1.165) is 44.7 Å². The first-order chi connectivity index (χ1) is 14.2. The monoisotopic (exact) mass is 489 g/mol. The van der Waals surface area contributed by atoms with Gasteiger partial charge in [0.25, 0.3) is 0 Å². The van der Waals surface area contributed by atoms with Crippen molar-refractivity contribution in [2.45, 2.75) is 11.7 Å². The molecule has 0 atom stereocenters. The number of benzene rings is 2. The van der Waals surface area contributed by atoms with Crippen LogP contribution in [-0.2, 0) is 6.54 Å². The second-order valence-electron chi connectivity index (χ2n) is 6.12. The van der Waals surface area contributed by atoms with Crippen LogP contribution in [0.4, 0.5) is 0 Å². The molecule has 0 radical (unpaired) electrons. The SMILES string of the molecule is Clc1cc(Br)ccc1-c1ccc(CNCCSc2nnnn2-c2ccccc2)o1. The number of aromatic nitrogens is 4. The predicted octanol–water partition coefficient (Wildman–Crippen LogP) is 5.22. The molecule has 0 saturated carbocycles. The van der Waals surface area contributed by atoms with Crippen LogP contribution in [0.2, 0.25) is 5.02 Å². The van der Waals surface area contributed by atoms with Crippen molar-refractivity contribution < 1.29 is 4.42 Å². The quantitative estimate of drug-likeness (QED) is 0.270. The molecule has 29 heavy (non-hydrogen) atoms. The Morgan fingerprint density at radius 1 is 1.10 bits per heavy atom. The van der Waals surface area contributed by atoms with E-state index in [4.69, 9.17) is 16.0 Å². The summed E-state index contributed by atoms with van der Waals surface area (Å²) in [5.41, 5.74) is 1.83. The van der Waals surface area contributed by atoms with Crippen molar-refractivity contribution in [3.8, 4) is 17.0 Å². The fraction of sp³-hybridized carbons (Fsp3) is 0.150. The zero-order chi connectivity index (χ0) is 20.1. The van der Waals surface area contributed by atoms with E-state index in [9.17, 15) is 0 Å². The summed E-state index contributed by atoms with van der Waals surface area (Å²) in [4.78, 5) is 0. The molecule has 9 heteroatoms. The molecule has 0 amide bonds. The van der Waals surface area contributed by atoms with Crippen LogP contribution in [0.15, 0.2) is 74.7 Å². The van der Waals surface area contributed by atoms with Gasteiger partial charge in [0.15, 0.2) is 0 Å². The summed E-state index contributed by atoms with van der Waals surface area (Å²) in [6, 6.07) is 19.5. The third-order valence-electron chi connectivity index (χ3n) is 4.11. The van der Waals surface area contributed by atoms with Gasteiger partial charge in [-0.25, -0.2) is 0 Å². The van der Waals surface area contributed by atoms with Gasteiger partial charge < -0.3 is 9.73 Å². The second-order valence-corrected chi connectivity index (χ2v) is 8.51. The number of nitrogens with zero attached hydrogens (tertiary/aromatic N) is 4. The summed E-state index contributed by atoms with van der Waals surface area (Å²) >= 11 is 11.3. The summed E-state index contributed by atoms with van der Waals surface area (Å²) in [6.45, 7) is 1.43. The van der Waals surface area contributed by atoms with Crippen LogP contribution in [0.5, 0.6) is 0 Å². The lowest BCUT2D eigenvalue weighted by Gasteiger charge is -2.05. The highest BCUT2D eigenvalue weighted by Gasteiger charge is 2.10. The smallest absolute Gasteiger partial charge is 0.214 e. The van der Waals surface area contributed by atoms with Crippen molar-refractivity contribution in [1.82, 2.24) is 25.5 Å². The van der Waals surface area contributed by atoms with Gasteiger partial charge in [-0.3, -0.25) is 0 Å². The number of rotatable bonds is 8. The van der Waals surface area contributed by atoms with Gasteiger partial charge in [-0.05, 0) is 52.9 Å². The number of tetrazole rings is 1. The van der Waals surface area contributed by atoms with Crippen LogP contribution in [-0.4, -0.2) is 32.5 Å². The molecule has 0 aliphatic carbocycles. The number of halogens is 2. The molecule has 4 rings (SSSR count). The fourth-order valence-corrected chi connectivity index (χ4v) is 4.29. The molecule has 0 spiro atoms. The molecular formula is C20H17BrClN5OS. The number of nitrogens with one attached hydrogen (secondary N) is 1. The van der Waals surface area contributed by atoms with Gasteiger partial charge in [-0.15, -0.1) is 5.10 Å². The third-order valence-corrected chi connectivity index (χ3v) is 5.84. The lowest BCUT2D eigenvalue weighted by molar-refractivity contribution is 0.499. The van der Waals surface area contributed by atoms with Gasteiger partial charge in [0.1, 0.15) is 11.5 Å². The Morgan fingerprint density at radius 3 is 2.79 bits per heavy atom. The van der Waals surface area contributed by atoms with Crippen molar-refractivity contribution in [2.24, 2.45) is 0 Å². The van der Waals surface area contributed by atoms with Crippen LogP contribution in [0.25, 0.3) is 17.0 Å². The van der Waals surface area contributed by atoms with Crippen LogP contribution in [0.1, 0.15) is 5.76 Å². The zero-order valence-corrected chi connectivity index (χ0v) is 18.4. The minimum atomic E-state index is 0.637. The third kappa shape index (κ3) is 5.08. The highest BCUT2D eigenvalue weighted by atomic mass is 79.9.